The van der Waals surface area contributed by atoms with Crippen LogP contribution in [0.5, 0.6) is 0 Å². The van der Waals surface area contributed by atoms with Crippen LogP contribution >= 0.6 is 22.6 Å². The number of anilines is 3. The van der Waals surface area contributed by atoms with Crippen LogP contribution < -0.4 is 10.6 Å². The molecule has 0 aliphatic rings. The molecule has 1 amide bonds. The van der Waals surface area contributed by atoms with E-state index in [0.29, 0.717) is 10.8 Å². The molecule has 10 heteroatoms. The fourth-order valence-corrected chi connectivity index (χ4v) is 3.52. The third-order valence-electron chi connectivity index (χ3n) is 3.15. The monoisotopic (exact) mass is 489 g/mol. The molecule has 1 heterocycles. The number of carbonyl (C=O) groups is 1. The molecule has 0 fully saturated rings. The van der Waals surface area contributed by atoms with Crippen LogP contribution in [0, 0.1) is 3.57 Å². The fourth-order valence-electron chi connectivity index (χ4n) is 1.98. The van der Waals surface area contributed by atoms with Crippen molar-refractivity contribution in [3.63, 3.8) is 0 Å². The summed E-state index contributed by atoms with van der Waals surface area (Å²) >= 11 is 2.16. The van der Waals surface area contributed by atoms with Gasteiger partial charge in [-0.25, -0.2) is 14.0 Å². The fraction of sp³-hybridized carbons (Fsp3) is 0.312. The van der Waals surface area contributed by atoms with Crippen molar-refractivity contribution < 1.29 is 13.7 Å². The van der Waals surface area contributed by atoms with Gasteiger partial charge in [0, 0.05) is 29.6 Å². The van der Waals surface area contributed by atoms with E-state index in [0.717, 1.165) is 21.6 Å². The van der Waals surface area contributed by atoms with Crippen LogP contribution in [0.3, 0.4) is 0 Å². The van der Waals surface area contributed by atoms with Crippen molar-refractivity contribution in [2.45, 2.75) is 18.7 Å². The molecule has 2 N–H and O–H groups in total. The molecule has 2 aromatic rings. The SMILES string of the molecule is CCNc1nc(Nc2ccc(S(C)(=O)=NC(=O)OCC)cc2)ncc1I. The number of hydrogen-bond donors (Lipinski definition) is 2. The van der Waals surface area contributed by atoms with Gasteiger partial charge in [-0.1, -0.05) is 0 Å². The molecular formula is C16H20IN5O3S. The maximum absolute atomic E-state index is 12.6. The van der Waals surface area contributed by atoms with E-state index in [2.05, 4.69) is 47.6 Å². The molecule has 0 spiro atoms. The Morgan fingerprint density at radius 3 is 2.62 bits per heavy atom. The molecule has 0 bridgehead atoms. The predicted molar refractivity (Wildman–Crippen MR) is 110 cm³/mol. The minimum Gasteiger partial charge on any atom is -0.448 e. The highest BCUT2D eigenvalue weighted by Crippen LogP contribution is 2.21. The highest BCUT2D eigenvalue weighted by molar-refractivity contribution is 14.1. The number of rotatable bonds is 6. The number of benzene rings is 1. The minimum absolute atomic E-state index is 0.186. The number of ether oxygens (including phenoxy) is 1. The van der Waals surface area contributed by atoms with Crippen molar-refractivity contribution in [3.05, 3.63) is 34.0 Å². The molecule has 26 heavy (non-hydrogen) atoms. The van der Waals surface area contributed by atoms with Crippen LogP contribution in [0.4, 0.5) is 22.2 Å². The van der Waals surface area contributed by atoms with Gasteiger partial charge in [0.1, 0.15) is 5.82 Å². The van der Waals surface area contributed by atoms with Crippen LogP contribution in [0.15, 0.2) is 39.7 Å². The molecule has 2 rings (SSSR count). The average molecular weight is 489 g/mol. The topological polar surface area (TPSA) is 106 Å². The average Bonchev–Trinajstić information content (AvgIpc) is 2.58. The molecule has 0 radical (unpaired) electrons. The van der Waals surface area contributed by atoms with Gasteiger partial charge >= 0.3 is 6.09 Å². The van der Waals surface area contributed by atoms with Crippen LogP contribution in [0.2, 0.25) is 0 Å². The summed E-state index contributed by atoms with van der Waals surface area (Å²) in [6.07, 6.45) is 2.29. The largest absolute Gasteiger partial charge is 0.448 e. The van der Waals surface area contributed by atoms with E-state index < -0.39 is 15.8 Å². The lowest BCUT2D eigenvalue weighted by molar-refractivity contribution is 0.164. The zero-order valence-electron chi connectivity index (χ0n) is 14.7. The van der Waals surface area contributed by atoms with Gasteiger partial charge in [-0.3, -0.25) is 0 Å². The predicted octanol–water partition coefficient (Wildman–Crippen LogP) is 3.87. The molecule has 1 aromatic carbocycles. The summed E-state index contributed by atoms with van der Waals surface area (Å²) in [5.41, 5.74) is 0.726. The van der Waals surface area contributed by atoms with Crippen LogP contribution in [0.25, 0.3) is 0 Å². The first-order valence-corrected chi connectivity index (χ1v) is 10.9. The molecule has 1 aromatic heterocycles. The van der Waals surface area contributed by atoms with Gasteiger partial charge in [-0.15, -0.1) is 4.36 Å². The maximum atomic E-state index is 12.6. The Labute approximate surface area is 166 Å². The summed E-state index contributed by atoms with van der Waals surface area (Å²) in [6, 6.07) is 6.75. The van der Waals surface area contributed by atoms with Gasteiger partial charge in [0.15, 0.2) is 0 Å². The second-order valence-electron chi connectivity index (χ2n) is 5.16. The Morgan fingerprint density at radius 2 is 2.00 bits per heavy atom. The molecule has 0 saturated carbocycles. The summed E-state index contributed by atoms with van der Waals surface area (Å²) in [5.74, 6) is 1.20. The molecule has 0 aliphatic heterocycles. The van der Waals surface area contributed by atoms with Crippen molar-refractivity contribution in [2.24, 2.45) is 4.36 Å². The van der Waals surface area contributed by atoms with Crippen molar-refractivity contribution in [1.82, 2.24) is 9.97 Å². The number of hydrogen-bond acceptors (Lipinski definition) is 7. The first-order valence-electron chi connectivity index (χ1n) is 7.88. The highest BCUT2D eigenvalue weighted by atomic mass is 127. The van der Waals surface area contributed by atoms with Crippen LogP contribution in [-0.4, -0.2) is 39.7 Å². The van der Waals surface area contributed by atoms with Crippen LogP contribution in [0.1, 0.15) is 13.8 Å². The normalized spacial score (nSPS) is 12.8. The molecule has 1 unspecified atom stereocenters. The van der Waals surface area contributed by atoms with E-state index in [9.17, 15) is 9.00 Å². The Hall–Kier alpha value is -1.95. The van der Waals surface area contributed by atoms with E-state index in [1.54, 1.807) is 37.4 Å². The van der Waals surface area contributed by atoms with Gasteiger partial charge in [0.2, 0.25) is 5.95 Å². The van der Waals surface area contributed by atoms with Gasteiger partial charge in [0.05, 0.1) is 19.9 Å². The number of nitrogens with one attached hydrogen (secondary N) is 2. The van der Waals surface area contributed by atoms with Gasteiger partial charge in [0.25, 0.3) is 0 Å². The quantitative estimate of drug-likeness (QED) is 0.594. The second-order valence-corrected chi connectivity index (χ2v) is 8.58. The summed E-state index contributed by atoms with van der Waals surface area (Å²) < 4.78 is 21.9. The minimum atomic E-state index is -2.86. The summed E-state index contributed by atoms with van der Waals surface area (Å²) in [7, 11) is -2.86. The molecule has 1 atom stereocenters. The van der Waals surface area contributed by atoms with Gasteiger partial charge < -0.3 is 15.4 Å². The number of halogens is 1. The Morgan fingerprint density at radius 1 is 1.31 bits per heavy atom. The van der Waals surface area contributed by atoms with Crippen molar-refractivity contribution in [3.8, 4) is 0 Å². The van der Waals surface area contributed by atoms with E-state index in [-0.39, 0.29) is 6.61 Å². The first-order chi connectivity index (χ1) is 12.4. The standard InChI is InChI=1S/C16H20IN5O3S/c1-4-18-14-13(17)10-19-15(21-14)20-11-6-8-12(9-7-11)26(3,24)22-16(23)25-5-2/h6-10H,4-5H2,1-3H3,(H2,18,19,20,21). The second kappa shape index (κ2) is 9.12. The molecule has 8 nitrogen and oxygen atoms in total. The Kier molecular flexibility index (Phi) is 7.14. The zero-order chi connectivity index (χ0) is 19.2. The van der Waals surface area contributed by atoms with Gasteiger partial charge in [-0.2, -0.15) is 4.98 Å². The lowest BCUT2D eigenvalue weighted by Gasteiger charge is -2.10. The van der Waals surface area contributed by atoms with Crippen molar-refractivity contribution >= 4 is 55.9 Å². The Bertz CT molecular complexity index is 895. The molecule has 140 valence electrons. The van der Waals surface area contributed by atoms with Crippen molar-refractivity contribution in [1.29, 1.82) is 0 Å². The lowest BCUT2D eigenvalue weighted by Crippen LogP contribution is -2.06. The number of aromatic nitrogens is 2. The van der Waals surface area contributed by atoms with Gasteiger partial charge in [-0.05, 0) is 60.7 Å². The van der Waals surface area contributed by atoms with E-state index in [1.807, 2.05) is 6.92 Å². The smallest absolute Gasteiger partial charge is 0.442 e. The molecule has 0 aliphatic carbocycles. The summed E-state index contributed by atoms with van der Waals surface area (Å²) in [6.45, 7) is 4.61. The van der Waals surface area contributed by atoms with E-state index in [4.69, 9.17) is 4.74 Å². The Balaban J connectivity index is 2.19. The third-order valence-corrected chi connectivity index (χ3v) is 5.59. The number of nitrogens with zero attached hydrogens (tertiary/aromatic N) is 3. The number of amides is 1. The van der Waals surface area contributed by atoms with Crippen LogP contribution in [-0.2, 0) is 14.5 Å². The molecular weight excluding hydrogens is 469 g/mol. The maximum Gasteiger partial charge on any atom is 0.442 e. The number of carbonyl (C=O) groups excluding carboxylic acids is 1. The lowest BCUT2D eigenvalue weighted by atomic mass is 10.3. The first kappa shape index (κ1) is 20.4. The van der Waals surface area contributed by atoms with E-state index >= 15 is 0 Å². The summed E-state index contributed by atoms with van der Waals surface area (Å²) in [4.78, 5) is 20.5. The van der Waals surface area contributed by atoms with E-state index in [1.165, 1.54) is 6.26 Å². The summed E-state index contributed by atoms with van der Waals surface area (Å²) in [5, 5.41) is 6.26. The highest BCUT2D eigenvalue weighted by Gasteiger charge is 2.11. The van der Waals surface area contributed by atoms with Crippen molar-refractivity contribution in [2.75, 3.05) is 30.0 Å². The molecule has 0 saturated heterocycles. The zero-order valence-corrected chi connectivity index (χ0v) is 17.6. The third kappa shape index (κ3) is 5.53.